The van der Waals surface area contributed by atoms with Gasteiger partial charge in [-0.2, -0.15) is 0 Å². The van der Waals surface area contributed by atoms with E-state index < -0.39 is 0 Å². The maximum absolute atomic E-state index is 11.6. The molecular weight excluding hydrogens is 188 g/mol. The van der Waals surface area contributed by atoms with E-state index >= 15 is 0 Å². The molecule has 82 valence electrons. The van der Waals surface area contributed by atoms with Crippen molar-refractivity contribution in [2.75, 3.05) is 6.61 Å². The zero-order valence-corrected chi connectivity index (χ0v) is 9.62. The number of ether oxygens (including phenoxy) is 1. The minimum Gasteiger partial charge on any atom is -0.466 e. The lowest BCUT2D eigenvalue weighted by Crippen LogP contribution is -2.15. The van der Waals surface area contributed by atoms with E-state index in [-0.39, 0.29) is 11.9 Å². The van der Waals surface area contributed by atoms with Crippen molar-refractivity contribution in [3.63, 3.8) is 0 Å². The topological polar surface area (TPSA) is 26.3 Å². The highest BCUT2D eigenvalue weighted by Gasteiger charge is 2.19. The first-order valence-electron chi connectivity index (χ1n) is 5.42. The molecule has 1 atom stereocenters. The lowest BCUT2D eigenvalue weighted by Gasteiger charge is -2.13. The molecule has 0 spiro atoms. The fourth-order valence-electron chi connectivity index (χ4n) is 1.58. The van der Waals surface area contributed by atoms with Gasteiger partial charge in [-0.15, -0.1) is 0 Å². The van der Waals surface area contributed by atoms with Gasteiger partial charge >= 0.3 is 5.97 Å². The molecule has 2 nitrogen and oxygen atoms in total. The van der Waals surface area contributed by atoms with Crippen LogP contribution in [0, 0.1) is 6.92 Å². The summed E-state index contributed by atoms with van der Waals surface area (Å²) in [6, 6.07) is 8.05. The van der Waals surface area contributed by atoms with Gasteiger partial charge in [0.2, 0.25) is 0 Å². The van der Waals surface area contributed by atoms with Gasteiger partial charge in [0.05, 0.1) is 12.5 Å². The lowest BCUT2D eigenvalue weighted by atomic mass is 9.96. The molecule has 2 heteroatoms. The summed E-state index contributed by atoms with van der Waals surface area (Å²) in [7, 11) is 0. The Bertz CT molecular complexity index is 314. The van der Waals surface area contributed by atoms with Crippen LogP contribution in [0.15, 0.2) is 24.3 Å². The third kappa shape index (κ3) is 3.08. The highest BCUT2D eigenvalue weighted by Crippen LogP contribution is 2.21. The summed E-state index contributed by atoms with van der Waals surface area (Å²) < 4.78 is 5.04. The van der Waals surface area contributed by atoms with E-state index in [4.69, 9.17) is 4.74 Å². The summed E-state index contributed by atoms with van der Waals surface area (Å²) in [4.78, 5) is 11.6. The standard InChI is InChI=1S/C13H18O2/c1-4-12(13(14)15-5-2)11-8-6-10(3)7-9-11/h6-9,12H,4-5H2,1-3H3. The largest absolute Gasteiger partial charge is 0.466 e. The first-order valence-corrected chi connectivity index (χ1v) is 5.42. The minimum absolute atomic E-state index is 0.120. The Morgan fingerprint density at radius 2 is 1.87 bits per heavy atom. The van der Waals surface area contributed by atoms with E-state index in [1.165, 1.54) is 5.56 Å². The minimum atomic E-state index is -0.121. The van der Waals surface area contributed by atoms with Crippen molar-refractivity contribution in [1.29, 1.82) is 0 Å². The Morgan fingerprint density at radius 1 is 1.27 bits per heavy atom. The van der Waals surface area contributed by atoms with Gasteiger partial charge in [0, 0.05) is 0 Å². The van der Waals surface area contributed by atoms with Gasteiger partial charge < -0.3 is 4.74 Å². The van der Waals surface area contributed by atoms with Crippen LogP contribution in [0.25, 0.3) is 0 Å². The SMILES string of the molecule is CCOC(=O)C(CC)c1ccc(C)cc1. The number of aryl methyl sites for hydroxylation is 1. The van der Waals surface area contributed by atoms with Crippen molar-refractivity contribution in [2.24, 2.45) is 0 Å². The zero-order valence-electron chi connectivity index (χ0n) is 9.62. The molecule has 0 fully saturated rings. The maximum atomic E-state index is 11.6. The smallest absolute Gasteiger partial charge is 0.313 e. The van der Waals surface area contributed by atoms with Crippen molar-refractivity contribution in [3.05, 3.63) is 35.4 Å². The molecule has 0 radical (unpaired) electrons. The van der Waals surface area contributed by atoms with Crippen molar-refractivity contribution in [1.82, 2.24) is 0 Å². The molecule has 0 saturated carbocycles. The molecule has 0 aromatic heterocycles. The van der Waals surface area contributed by atoms with E-state index in [9.17, 15) is 4.79 Å². The lowest BCUT2D eigenvalue weighted by molar-refractivity contribution is -0.145. The van der Waals surface area contributed by atoms with Crippen LogP contribution in [0.1, 0.15) is 37.3 Å². The van der Waals surface area contributed by atoms with Crippen LogP contribution in [0.4, 0.5) is 0 Å². The Hall–Kier alpha value is -1.31. The monoisotopic (exact) mass is 206 g/mol. The third-order valence-corrected chi connectivity index (χ3v) is 2.46. The Labute approximate surface area is 91.3 Å². The van der Waals surface area contributed by atoms with Crippen molar-refractivity contribution in [2.45, 2.75) is 33.1 Å². The first-order chi connectivity index (χ1) is 7.19. The van der Waals surface area contributed by atoms with Gasteiger partial charge in [0.15, 0.2) is 0 Å². The van der Waals surface area contributed by atoms with Gasteiger partial charge in [0.25, 0.3) is 0 Å². The molecule has 0 aliphatic heterocycles. The molecule has 0 amide bonds. The quantitative estimate of drug-likeness (QED) is 0.708. The Morgan fingerprint density at radius 3 is 2.33 bits per heavy atom. The maximum Gasteiger partial charge on any atom is 0.313 e. The molecule has 15 heavy (non-hydrogen) atoms. The second kappa shape index (κ2) is 5.54. The second-order valence-electron chi connectivity index (χ2n) is 3.62. The summed E-state index contributed by atoms with van der Waals surface area (Å²) in [5.41, 5.74) is 2.25. The summed E-state index contributed by atoms with van der Waals surface area (Å²) in [6.07, 6.45) is 0.780. The third-order valence-electron chi connectivity index (χ3n) is 2.46. The number of hydrogen-bond donors (Lipinski definition) is 0. The Kier molecular flexibility index (Phi) is 4.35. The number of esters is 1. The van der Waals surface area contributed by atoms with Gasteiger partial charge in [-0.1, -0.05) is 36.8 Å². The fraction of sp³-hybridized carbons (Fsp3) is 0.462. The number of hydrogen-bond acceptors (Lipinski definition) is 2. The van der Waals surface area contributed by atoms with Crippen LogP contribution in [0.5, 0.6) is 0 Å². The molecule has 0 saturated heterocycles. The predicted octanol–water partition coefficient (Wildman–Crippen LogP) is 3.05. The molecular formula is C13H18O2. The van der Waals surface area contributed by atoms with Crippen LogP contribution >= 0.6 is 0 Å². The normalized spacial score (nSPS) is 12.2. The summed E-state index contributed by atoms with van der Waals surface area (Å²) >= 11 is 0. The highest BCUT2D eigenvalue weighted by molar-refractivity contribution is 5.78. The summed E-state index contributed by atoms with van der Waals surface area (Å²) in [5.74, 6) is -0.241. The molecule has 1 aromatic carbocycles. The van der Waals surface area contributed by atoms with E-state index in [1.54, 1.807) is 0 Å². The fourth-order valence-corrected chi connectivity index (χ4v) is 1.58. The van der Waals surface area contributed by atoms with Gasteiger partial charge in [-0.05, 0) is 25.8 Å². The molecule has 1 unspecified atom stereocenters. The number of carbonyl (C=O) groups is 1. The predicted molar refractivity (Wildman–Crippen MR) is 60.8 cm³/mol. The van der Waals surface area contributed by atoms with E-state index in [0.29, 0.717) is 6.61 Å². The molecule has 1 aromatic rings. The Balaban J connectivity index is 2.82. The van der Waals surface area contributed by atoms with E-state index in [1.807, 2.05) is 45.0 Å². The molecule has 1 rings (SSSR count). The van der Waals surface area contributed by atoms with E-state index in [0.717, 1.165) is 12.0 Å². The zero-order chi connectivity index (χ0) is 11.3. The van der Waals surface area contributed by atoms with Crippen molar-refractivity contribution < 1.29 is 9.53 Å². The van der Waals surface area contributed by atoms with Crippen LogP contribution in [0.3, 0.4) is 0 Å². The van der Waals surface area contributed by atoms with Crippen molar-refractivity contribution in [3.8, 4) is 0 Å². The number of carbonyl (C=O) groups excluding carboxylic acids is 1. The molecule has 0 bridgehead atoms. The first kappa shape index (κ1) is 11.8. The number of rotatable bonds is 4. The number of benzene rings is 1. The summed E-state index contributed by atoms with van der Waals surface area (Å²) in [6.45, 7) is 6.32. The van der Waals surface area contributed by atoms with Crippen LogP contribution < -0.4 is 0 Å². The summed E-state index contributed by atoms with van der Waals surface area (Å²) in [5, 5.41) is 0. The van der Waals surface area contributed by atoms with Gasteiger partial charge in [-0.3, -0.25) is 4.79 Å². The van der Waals surface area contributed by atoms with E-state index in [2.05, 4.69) is 0 Å². The molecule has 0 heterocycles. The molecule has 0 aliphatic carbocycles. The average molecular weight is 206 g/mol. The highest BCUT2D eigenvalue weighted by atomic mass is 16.5. The average Bonchev–Trinajstić information content (AvgIpc) is 2.22. The van der Waals surface area contributed by atoms with Crippen LogP contribution in [-0.4, -0.2) is 12.6 Å². The van der Waals surface area contributed by atoms with Crippen LogP contribution in [0.2, 0.25) is 0 Å². The second-order valence-corrected chi connectivity index (χ2v) is 3.62. The van der Waals surface area contributed by atoms with Crippen LogP contribution in [-0.2, 0) is 9.53 Å². The van der Waals surface area contributed by atoms with Gasteiger partial charge in [-0.25, -0.2) is 0 Å². The van der Waals surface area contributed by atoms with Crippen molar-refractivity contribution >= 4 is 5.97 Å². The molecule has 0 N–H and O–H groups in total. The molecule has 0 aliphatic rings. The van der Waals surface area contributed by atoms with Gasteiger partial charge in [0.1, 0.15) is 0 Å².